The average molecular weight is 402 g/mol. The molecule has 8 nitrogen and oxygen atoms in total. The molecule has 0 radical (unpaired) electrons. The number of oxazole rings is 1. The highest BCUT2D eigenvalue weighted by molar-refractivity contribution is 5.92. The van der Waals surface area contributed by atoms with Crippen molar-refractivity contribution in [2.24, 2.45) is 0 Å². The van der Waals surface area contributed by atoms with Crippen molar-refractivity contribution in [1.29, 1.82) is 0 Å². The molecule has 0 aliphatic carbocycles. The highest BCUT2D eigenvalue weighted by Gasteiger charge is 2.38. The van der Waals surface area contributed by atoms with Gasteiger partial charge in [-0.2, -0.15) is 18.3 Å². The van der Waals surface area contributed by atoms with Crippen molar-refractivity contribution in [3.05, 3.63) is 71.7 Å². The summed E-state index contributed by atoms with van der Waals surface area (Å²) in [6.07, 6.45) is 1.37. The van der Waals surface area contributed by atoms with Crippen LogP contribution in [0.3, 0.4) is 0 Å². The Kier molecular flexibility index (Phi) is 3.73. The van der Waals surface area contributed by atoms with Crippen LogP contribution < -0.4 is 0 Å². The van der Waals surface area contributed by atoms with Crippen molar-refractivity contribution in [3.8, 4) is 0 Å². The molecular formula is C18H13F3N6O2. The second-order valence-corrected chi connectivity index (χ2v) is 6.60. The minimum absolute atomic E-state index is 0.0359. The maximum Gasteiger partial charge on any atom is 0.418 e. The monoisotopic (exact) mass is 402 g/mol. The molecule has 1 aliphatic rings. The van der Waals surface area contributed by atoms with Gasteiger partial charge in [0.1, 0.15) is 6.04 Å². The first-order valence-corrected chi connectivity index (χ1v) is 8.70. The van der Waals surface area contributed by atoms with E-state index in [2.05, 4.69) is 20.1 Å². The number of rotatable bonds is 2. The van der Waals surface area contributed by atoms with Crippen molar-refractivity contribution >= 4 is 11.4 Å². The highest BCUT2D eigenvalue weighted by Crippen LogP contribution is 2.37. The van der Waals surface area contributed by atoms with Gasteiger partial charge in [0.15, 0.2) is 6.39 Å². The number of imidazole rings is 1. The van der Waals surface area contributed by atoms with Crippen LogP contribution in [0.1, 0.15) is 39.2 Å². The third kappa shape index (κ3) is 2.77. The molecule has 0 bridgehead atoms. The normalized spacial score (nSPS) is 16.9. The van der Waals surface area contributed by atoms with Gasteiger partial charge in [0.05, 0.1) is 35.0 Å². The maximum absolute atomic E-state index is 13.4. The second-order valence-electron chi connectivity index (χ2n) is 6.60. The molecule has 0 spiro atoms. The van der Waals surface area contributed by atoms with Gasteiger partial charge in [0.25, 0.3) is 5.91 Å². The molecule has 4 aromatic rings. The minimum atomic E-state index is -4.53. The van der Waals surface area contributed by atoms with Gasteiger partial charge in [-0.05, 0) is 18.2 Å². The molecule has 0 saturated heterocycles. The van der Waals surface area contributed by atoms with Gasteiger partial charge in [-0.25, -0.2) is 14.5 Å². The average Bonchev–Trinajstić information content (AvgIpc) is 3.45. The third-order valence-corrected chi connectivity index (χ3v) is 4.94. The Labute approximate surface area is 161 Å². The Morgan fingerprint density at radius 1 is 1.34 bits per heavy atom. The van der Waals surface area contributed by atoms with Gasteiger partial charge in [0, 0.05) is 24.9 Å². The number of alkyl halides is 3. The van der Waals surface area contributed by atoms with Crippen LogP contribution in [-0.4, -0.2) is 41.9 Å². The van der Waals surface area contributed by atoms with Crippen LogP contribution in [0.15, 0.2) is 47.7 Å². The van der Waals surface area contributed by atoms with Crippen LogP contribution in [0, 0.1) is 0 Å². The summed E-state index contributed by atoms with van der Waals surface area (Å²) in [4.78, 5) is 25.5. The van der Waals surface area contributed by atoms with E-state index >= 15 is 0 Å². The van der Waals surface area contributed by atoms with Gasteiger partial charge in [-0.15, -0.1) is 0 Å². The third-order valence-electron chi connectivity index (χ3n) is 4.94. The Hall–Kier alpha value is -3.63. The maximum atomic E-state index is 13.4. The number of pyridine rings is 1. The zero-order valence-electron chi connectivity index (χ0n) is 14.7. The van der Waals surface area contributed by atoms with E-state index in [1.165, 1.54) is 35.8 Å². The lowest BCUT2D eigenvalue weighted by Gasteiger charge is -2.33. The molecule has 5 rings (SSSR count). The van der Waals surface area contributed by atoms with Crippen LogP contribution >= 0.6 is 0 Å². The van der Waals surface area contributed by atoms with Gasteiger partial charge < -0.3 is 14.3 Å². The summed E-state index contributed by atoms with van der Waals surface area (Å²) >= 11 is 0. The van der Waals surface area contributed by atoms with E-state index in [1.807, 2.05) is 0 Å². The number of fused-ring (bicyclic) bond motifs is 2. The van der Waals surface area contributed by atoms with Crippen molar-refractivity contribution in [3.63, 3.8) is 0 Å². The number of carbonyl (C=O) groups excluding carboxylic acids is 1. The molecular weight excluding hydrogens is 389 g/mol. The molecule has 1 aliphatic heterocycles. The molecule has 5 heterocycles. The molecule has 1 amide bonds. The molecule has 0 unspecified atom stereocenters. The summed E-state index contributed by atoms with van der Waals surface area (Å²) in [5.41, 5.74) is 0.739. The van der Waals surface area contributed by atoms with E-state index in [0.29, 0.717) is 18.7 Å². The summed E-state index contributed by atoms with van der Waals surface area (Å²) in [5, 5.41) is 4.33. The van der Waals surface area contributed by atoms with Gasteiger partial charge in [-0.1, -0.05) is 0 Å². The quantitative estimate of drug-likeness (QED) is 0.557. The SMILES string of the molecule is O=C(c1cnco1)N1CCc2[nH]cnc2[C@H]1c1cc2c(C(F)(F)F)cccn2n1. The van der Waals surface area contributed by atoms with Crippen LogP contribution in [0.25, 0.3) is 5.52 Å². The Morgan fingerprint density at radius 3 is 2.97 bits per heavy atom. The fraction of sp³-hybridized carbons (Fsp3) is 0.222. The first-order valence-electron chi connectivity index (χ1n) is 8.70. The highest BCUT2D eigenvalue weighted by atomic mass is 19.4. The summed E-state index contributed by atoms with van der Waals surface area (Å²) in [7, 11) is 0. The zero-order valence-corrected chi connectivity index (χ0v) is 14.7. The van der Waals surface area contributed by atoms with Crippen LogP contribution in [0.5, 0.6) is 0 Å². The van der Waals surface area contributed by atoms with Crippen LogP contribution in [-0.2, 0) is 12.6 Å². The molecule has 0 fully saturated rings. The molecule has 29 heavy (non-hydrogen) atoms. The predicted octanol–water partition coefficient (Wildman–Crippen LogP) is 2.85. The van der Waals surface area contributed by atoms with E-state index in [1.54, 1.807) is 0 Å². The number of nitrogens with one attached hydrogen (secondary N) is 1. The van der Waals surface area contributed by atoms with Crippen molar-refractivity contribution in [1.82, 2.24) is 29.5 Å². The Morgan fingerprint density at radius 2 is 2.21 bits per heavy atom. The van der Waals surface area contributed by atoms with Gasteiger partial charge >= 0.3 is 6.18 Å². The van der Waals surface area contributed by atoms with Gasteiger partial charge in [-0.3, -0.25) is 4.79 Å². The lowest BCUT2D eigenvalue weighted by Crippen LogP contribution is -2.40. The topological polar surface area (TPSA) is 92.3 Å². The van der Waals surface area contributed by atoms with Crippen LogP contribution in [0.2, 0.25) is 0 Å². The number of nitrogens with zero attached hydrogens (tertiary/aromatic N) is 5. The lowest BCUT2D eigenvalue weighted by atomic mass is 9.99. The molecule has 0 saturated carbocycles. The largest absolute Gasteiger partial charge is 0.438 e. The number of aromatic nitrogens is 5. The van der Waals surface area contributed by atoms with Gasteiger partial charge in [0.2, 0.25) is 5.76 Å². The summed E-state index contributed by atoms with van der Waals surface area (Å²) < 4.78 is 46.5. The first kappa shape index (κ1) is 17.5. The van der Waals surface area contributed by atoms with Crippen molar-refractivity contribution in [2.75, 3.05) is 6.54 Å². The predicted molar refractivity (Wildman–Crippen MR) is 91.9 cm³/mol. The number of aromatic amines is 1. The molecule has 148 valence electrons. The Balaban J connectivity index is 1.66. The fourth-order valence-electron chi connectivity index (χ4n) is 3.67. The van der Waals surface area contributed by atoms with Crippen molar-refractivity contribution < 1.29 is 22.4 Å². The van der Waals surface area contributed by atoms with Crippen molar-refractivity contribution in [2.45, 2.75) is 18.6 Å². The number of hydrogen-bond donors (Lipinski definition) is 1. The van der Waals surface area contributed by atoms with E-state index in [0.717, 1.165) is 22.7 Å². The molecule has 4 aromatic heterocycles. The summed E-state index contributed by atoms with van der Waals surface area (Å²) in [6, 6.07) is 2.87. The fourth-order valence-corrected chi connectivity index (χ4v) is 3.67. The molecule has 1 N–H and O–H groups in total. The number of hydrogen-bond acceptors (Lipinski definition) is 5. The van der Waals surface area contributed by atoms with E-state index in [4.69, 9.17) is 4.42 Å². The van der Waals surface area contributed by atoms with E-state index < -0.39 is 23.7 Å². The summed E-state index contributed by atoms with van der Waals surface area (Å²) in [5.74, 6) is -0.400. The number of amides is 1. The molecule has 11 heteroatoms. The number of carbonyl (C=O) groups is 1. The van der Waals surface area contributed by atoms with E-state index in [-0.39, 0.29) is 17.0 Å². The van der Waals surface area contributed by atoms with E-state index in [9.17, 15) is 18.0 Å². The number of halogens is 3. The first-order chi connectivity index (χ1) is 13.9. The molecule has 0 aromatic carbocycles. The van der Waals surface area contributed by atoms with Crippen LogP contribution in [0.4, 0.5) is 13.2 Å². The summed E-state index contributed by atoms with van der Waals surface area (Å²) in [6.45, 7) is 0.319. The number of H-pyrrole nitrogens is 1. The molecule has 1 atom stereocenters. The lowest BCUT2D eigenvalue weighted by molar-refractivity contribution is -0.136. The zero-order chi connectivity index (χ0) is 20.2. The minimum Gasteiger partial charge on any atom is -0.438 e. The Bertz CT molecular complexity index is 1190. The second kappa shape index (κ2) is 6.19. The standard InChI is InChI=1S/C18H13F3N6O2/c19-18(20,21)10-2-1-4-27-13(10)6-12(25-27)16-15-11(23-8-24-15)3-5-26(16)17(28)14-7-22-9-29-14/h1-2,4,6-9,16H,3,5H2,(H,23,24)/t16-/m1/s1. The smallest absolute Gasteiger partial charge is 0.418 e.